The lowest BCUT2D eigenvalue weighted by Gasteiger charge is -2.34. The molecule has 25 heavy (non-hydrogen) atoms. The second-order valence-electron chi connectivity index (χ2n) is 6.19. The fourth-order valence-corrected chi connectivity index (χ4v) is 3.96. The Kier molecular flexibility index (Phi) is 4.42. The van der Waals surface area contributed by atoms with Gasteiger partial charge in [-0.25, -0.2) is 9.97 Å². The molecule has 1 amide bonds. The summed E-state index contributed by atoms with van der Waals surface area (Å²) in [7, 11) is 0. The highest BCUT2D eigenvalue weighted by Gasteiger charge is 2.23. The quantitative estimate of drug-likeness (QED) is 0.723. The van der Waals surface area contributed by atoms with Crippen LogP contribution >= 0.6 is 11.3 Å². The minimum absolute atomic E-state index is 0.0351. The minimum atomic E-state index is -0.0351. The molecule has 0 radical (unpaired) electrons. The fourth-order valence-electron chi connectivity index (χ4n) is 2.95. The van der Waals surface area contributed by atoms with Crippen molar-refractivity contribution < 1.29 is 4.79 Å². The Labute approximate surface area is 150 Å². The second-order valence-corrected chi connectivity index (χ2v) is 7.30. The Bertz CT molecular complexity index is 851. The molecule has 128 valence electrons. The molecule has 0 aliphatic carbocycles. The first-order valence-electron chi connectivity index (χ1n) is 8.34. The molecule has 6 nitrogen and oxygen atoms in total. The van der Waals surface area contributed by atoms with Crippen molar-refractivity contribution in [2.24, 2.45) is 0 Å². The lowest BCUT2D eigenvalue weighted by atomic mass is 10.2. The molecule has 7 heteroatoms. The summed E-state index contributed by atoms with van der Waals surface area (Å²) in [5.74, 6) is -0.0351. The number of para-hydroxylation sites is 1. The highest BCUT2D eigenvalue weighted by atomic mass is 32.1. The van der Waals surface area contributed by atoms with E-state index in [0.717, 1.165) is 35.9 Å². The first-order valence-corrected chi connectivity index (χ1v) is 9.15. The van der Waals surface area contributed by atoms with Crippen LogP contribution in [0.1, 0.15) is 21.2 Å². The Balaban J connectivity index is 1.36. The summed E-state index contributed by atoms with van der Waals surface area (Å²) in [4.78, 5) is 29.7. The van der Waals surface area contributed by atoms with Crippen LogP contribution in [-0.2, 0) is 6.54 Å². The van der Waals surface area contributed by atoms with Crippen molar-refractivity contribution in [2.45, 2.75) is 13.5 Å². The number of nitrogens with zero attached hydrogens (tertiary/aromatic N) is 5. The molecular weight excluding hydrogens is 334 g/mol. The van der Waals surface area contributed by atoms with Gasteiger partial charge in [0.05, 0.1) is 28.7 Å². The molecule has 1 saturated heterocycles. The zero-order chi connectivity index (χ0) is 17.2. The minimum Gasteiger partial charge on any atom is -0.335 e. The number of aromatic nitrogens is 3. The van der Waals surface area contributed by atoms with Crippen LogP contribution in [0.25, 0.3) is 10.2 Å². The van der Waals surface area contributed by atoms with Gasteiger partial charge in [-0.2, -0.15) is 0 Å². The van der Waals surface area contributed by atoms with E-state index < -0.39 is 0 Å². The van der Waals surface area contributed by atoms with Crippen LogP contribution in [0.15, 0.2) is 36.7 Å². The number of carbonyl (C=O) groups excluding carboxylic acids is 1. The van der Waals surface area contributed by atoms with Gasteiger partial charge < -0.3 is 4.90 Å². The first-order chi connectivity index (χ1) is 12.2. The molecule has 0 spiro atoms. The maximum absolute atomic E-state index is 12.5. The van der Waals surface area contributed by atoms with Crippen molar-refractivity contribution in [3.05, 3.63) is 53.1 Å². The second kappa shape index (κ2) is 6.85. The molecule has 0 unspecified atom stereocenters. The Morgan fingerprint density at radius 3 is 2.64 bits per heavy atom. The van der Waals surface area contributed by atoms with Crippen LogP contribution < -0.4 is 0 Å². The summed E-state index contributed by atoms with van der Waals surface area (Å²) in [5, 5.41) is 1.13. The zero-order valence-corrected chi connectivity index (χ0v) is 14.9. The van der Waals surface area contributed by atoms with Crippen LogP contribution in [0.3, 0.4) is 0 Å². The van der Waals surface area contributed by atoms with E-state index in [1.165, 1.54) is 4.70 Å². The van der Waals surface area contributed by atoms with Crippen LogP contribution in [0.2, 0.25) is 0 Å². The molecule has 0 N–H and O–H groups in total. The summed E-state index contributed by atoms with van der Waals surface area (Å²) in [6, 6.07) is 8.22. The van der Waals surface area contributed by atoms with Crippen LogP contribution in [0.5, 0.6) is 0 Å². The molecule has 0 bridgehead atoms. The number of hydrogen-bond acceptors (Lipinski definition) is 6. The van der Waals surface area contributed by atoms with Crippen LogP contribution in [0, 0.1) is 6.92 Å². The zero-order valence-electron chi connectivity index (χ0n) is 14.1. The SMILES string of the molecule is Cc1cnc(C(=O)N2CCN(Cc3nc4ccccc4s3)CC2)cn1. The molecular formula is C18H19N5OS. The summed E-state index contributed by atoms with van der Waals surface area (Å²) in [6.07, 6.45) is 3.20. The van der Waals surface area contributed by atoms with Gasteiger partial charge in [-0.15, -0.1) is 11.3 Å². The Hall–Kier alpha value is -2.38. The predicted molar refractivity (Wildman–Crippen MR) is 97.6 cm³/mol. The highest BCUT2D eigenvalue weighted by molar-refractivity contribution is 7.18. The molecule has 1 fully saturated rings. The summed E-state index contributed by atoms with van der Waals surface area (Å²) < 4.78 is 1.23. The summed E-state index contributed by atoms with van der Waals surface area (Å²) in [5.41, 5.74) is 2.30. The van der Waals surface area contributed by atoms with E-state index in [1.54, 1.807) is 23.7 Å². The van der Waals surface area contributed by atoms with Gasteiger partial charge in [0.15, 0.2) is 0 Å². The van der Waals surface area contributed by atoms with Gasteiger partial charge in [-0.3, -0.25) is 14.7 Å². The van der Waals surface area contributed by atoms with Gasteiger partial charge >= 0.3 is 0 Å². The molecule has 1 aliphatic heterocycles. The number of fused-ring (bicyclic) bond motifs is 1. The van der Waals surface area contributed by atoms with Gasteiger partial charge in [0.2, 0.25) is 0 Å². The normalized spacial score (nSPS) is 15.6. The van der Waals surface area contributed by atoms with Gasteiger partial charge in [0.1, 0.15) is 10.7 Å². The molecule has 0 saturated carbocycles. The number of aryl methyl sites for hydroxylation is 1. The van der Waals surface area contributed by atoms with Gasteiger partial charge in [-0.1, -0.05) is 12.1 Å². The molecule has 3 aromatic rings. The lowest BCUT2D eigenvalue weighted by Crippen LogP contribution is -2.48. The predicted octanol–water partition coefficient (Wildman–Crippen LogP) is 2.35. The number of carbonyl (C=O) groups is 1. The van der Waals surface area contributed by atoms with E-state index in [-0.39, 0.29) is 5.91 Å². The van der Waals surface area contributed by atoms with E-state index in [0.29, 0.717) is 18.8 Å². The summed E-state index contributed by atoms with van der Waals surface area (Å²) >= 11 is 1.74. The van der Waals surface area contributed by atoms with E-state index in [2.05, 4.69) is 27.0 Å². The number of amides is 1. The van der Waals surface area contributed by atoms with Crippen molar-refractivity contribution in [3.8, 4) is 0 Å². The third-order valence-corrected chi connectivity index (χ3v) is 5.38. The molecule has 2 aromatic heterocycles. The van der Waals surface area contributed by atoms with Crippen molar-refractivity contribution in [1.82, 2.24) is 24.8 Å². The number of piperazine rings is 1. The first kappa shape index (κ1) is 16.1. The van der Waals surface area contributed by atoms with Gasteiger partial charge in [0, 0.05) is 32.4 Å². The average molecular weight is 353 g/mol. The highest BCUT2D eigenvalue weighted by Crippen LogP contribution is 2.23. The number of hydrogen-bond donors (Lipinski definition) is 0. The Morgan fingerprint density at radius 1 is 1.12 bits per heavy atom. The molecule has 0 atom stereocenters. The van der Waals surface area contributed by atoms with Crippen molar-refractivity contribution >= 4 is 27.5 Å². The fraction of sp³-hybridized carbons (Fsp3) is 0.333. The van der Waals surface area contributed by atoms with Gasteiger partial charge in [0.25, 0.3) is 5.91 Å². The smallest absolute Gasteiger partial charge is 0.274 e. The lowest BCUT2D eigenvalue weighted by molar-refractivity contribution is 0.0622. The molecule has 3 heterocycles. The number of rotatable bonds is 3. The van der Waals surface area contributed by atoms with Crippen molar-refractivity contribution in [2.75, 3.05) is 26.2 Å². The largest absolute Gasteiger partial charge is 0.335 e. The maximum Gasteiger partial charge on any atom is 0.274 e. The van der Waals surface area contributed by atoms with Gasteiger partial charge in [-0.05, 0) is 19.1 Å². The van der Waals surface area contributed by atoms with E-state index >= 15 is 0 Å². The third kappa shape index (κ3) is 3.52. The average Bonchev–Trinajstić information content (AvgIpc) is 3.05. The van der Waals surface area contributed by atoms with Crippen LogP contribution in [0.4, 0.5) is 0 Å². The Morgan fingerprint density at radius 2 is 1.92 bits per heavy atom. The summed E-state index contributed by atoms with van der Waals surface area (Å²) in [6.45, 7) is 5.81. The number of benzene rings is 1. The molecule has 1 aliphatic rings. The third-order valence-electron chi connectivity index (χ3n) is 4.36. The molecule has 4 rings (SSSR count). The standard InChI is InChI=1S/C18H19N5OS/c1-13-10-20-15(11-19-13)18(24)23-8-6-22(7-9-23)12-17-21-14-4-2-3-5-16(14)25-17/h2-5,10-11H,6-9,12H2,1H3. The van der Waals surface area contributed by atoms with Crippen LogP contribution in [-0.4, -0.2) is 56.8 Å². The van der Waals surface area contributed by atoms with E-state index in [4.69, 9.17) is 4.98 Å². The number of thiazole rings is 1. The van der Waals surface area contributed by atoms with E-state index in [9.17, 15) is 4.79 Å². The maximum atomic E-state index is 12.5. The van der Waals surface area contributed by atoms with E-state index in [1.807, 2.05) is 24.0 Å². The monoisotopic (exact) mass is 353 g/mol. The van der Waals surface area contributed by atoms with Crippen molar-refractivity contribution in [1.29, 1.82) is 0 Å². The molecule has 1 aromatic carbocycles. The topological polar surface area (TPSA) is 62.2 Å². The van der Waals surface area contributed by atoms with Crippen molar-refractivity contribution in [3.63, 3.8) is 0 Å².